The second-order valence-corrected chi connectivity index (χ2v) is 5.86. The largest absolute Gasteiger partial charge is 0.381 e. The van der Waals surface area contributed by atoms with E-state index in [2.05, 4.69) is 30.9 Å². The van der Waals surface area contributed by atoms with Gasteiger partial charge in [-0.25, -0.2) is 9.50 Å². The van der Waals surface area contributed by atoms with Crippen LogP contribution in [0.25, 0.3) is 5.65 Å². The van der Waals surface area contributed by atoms with Gasteiger partial charge < -0.3 is 9.64 Å². The van der Waals surface area contributed by atoms with Gasteiger partial charge in [0.15, 0.2) is 5.65 Å². The van der Waals surface area contributed by atoms with Crippen molar-refractivity contribution >= 4 is 27.4 Å². The lowest BCUT2D eigenvalue weighted by Gasteiger charge is -2.18. The summed E-state index contributed by atoms with van der Waals surface area (Å²) >= 11 is 3.47. The second-order valence-electron chi connectivity index (χ2n) is 5.01. The number of rotatable bonds is 1. The van der Waals surface area contributed by atoms with Gasteiger partial charge in [-0.2, -0.15) is 5.10 Å². The summed E-state index contributed by atoms with van der Waals surface area (Å²) in [4.78, 5) is 7.04. The number of aromatic nitrogens is 3. The smallest absolute Gasteiger partial charge is 0.171 e. The predicted octanol–water partition coefficient (Wildman–Crippen LogP) is 1.57. The molecule has 2 saturated heterocycles. The first kappa shape index (κ1) is 10.8. The van der Waals surface area contributed by atoms with Crippen LogP contribution < -0.4 is 4.90 Å². The third kappa shape index (κ3) is 1.55. The van der Waals surface area contributed by atoms with E-state index in [-0.39, 0.29) is 0 Å². The molecule has 6 heteroatoms. The molecule has 18 heavy (non-hydrogen) atoms. The van der Waals surface area contributed by atoms with Crippen LogP contribution in [-0.4, -0.2) is 40.9 Å². The SMILES string of the molecule is Brc1cnn2ccc(N3CC4COCC4C3)nc12. The Hall–Kier alpha value is -1.14. The molecule has 0 aliphatic carbocycles. The van der Waals surface area contributed by atoms with Crippen LogP contribution in [0.15, 0.2) is 22.9 Å². The zero-order valence-corrected chi connectivity index (χ0v) is 11.4. The fourth-order valence-electron chi connectivity index (χ4n) is 2.88. The molecule has 2 aromatic rings. The molecule has 0 amide bonds. The van der Waals surface area contributed by atoms with E-state index in [1.165, 1.54) is 0 Å². The quantitative estimate of drug-likeness (QED) is 0.802. The molecule has 2 aliphatic heterocycles. The van der Waals surface area contributed by atoms with Crippen LogP contribution in [0.3, 0.4) is 0 Å². The van der Waals surface area contributed by atoms with Crippen LogP contribution >= 0.6 is 15.9 Å². The Kier molecular flexibility index (Phi) is 2.35. The minimum absolute atomic E-state index is 0.677. The van der Waals surface area contributed by atoms with E-state index < -0.39 is 0 Å². The van der Waals surface area contributed by atoms with Crippen LogP contribution in [0.2, 0.25) is 0 Å². The molecule has 0 spiro atoms. The maximum atomic E-state index is 5.50. The third-order valence-electron chi connectivity index (χ3n) is 3.88. The third-order valence-corrected chi connectivity index (χ3v) is 4.44. The lowest BCUT2D eigenvalue weighted by molar-refractivity contribution is 0.177. The molecule has 2 unspecified atom stereocenters. The fraction of sp³-hybridized carbons (Fsp3) is 0.500. The van der Waals surface area contributed by atoms with Crippen LogP contribution in [0, 0.1) is 11.8 Å². The van der Waals surface area contributed by atoms with E-state index in [9.17, 15) is 0 Å². The summed E-state index contributed by atoms with van der Waals surface area (Å²) in [5.41, 5.74) is 0.876. The van der Waals surface area contributed by atoms with Gasteiger partial charge in [-0.05, 0) is 22.0 Å². The molecule has 4 heterocycles. The van der Waals surface area contributed by atoms with Crippen molar-refractivity contribution in [3.8, 4) is 0 Å². The summed E-state index contributed by atoms with van der Waals surface area (Å²) < 4.78 is 8.23. The number of fused-ring (bicyclic) bond motifs is 2. The molecular weight excluding hydrogens is 296 g/mol. The predicted molar refractivity (Wildman–Crippen MR) is 70.7 cm³/mol. The van der Waals surface area contributed by atoms with Gasteiger partial charge in [0.1, 0.15) is 5.82 Å². The van der Waals surface area contributed by atoms with E-state index in [1.54, 1.807) is 10.7 Å². The Labute approximate surface area is 113 Å². The highest BCUT2D eigenvalue weighted by Crippen LogP contribution is 2.32. The molecule has 2 atom stereocenters. The van der Waals surface area contributed by atoms with Crippen molar-refractivity contribution in [3.05, 3.63) is 22.9 Å². The summed E-state index contributed by atoms with van der Waals surface area (Å²) in [5.74, 6) is 2.39. The van der Waals surface area contributed by atoms with Crippen LogP contribution in [0.5, 0.6) is 0 Å². The minimum Gasteiger partial charge on any atom is -0.381 e. The van der Waals surface area contributed by atoms with Gasteiger partial charge in [0, 0.05) is 31.1 Å². The fourth-order valence-corrected chi connectivity index (χ4v) is 3.24. The lowest BCUT2D eigenvalue weighted by Crippen LogP contribution is -2.23. The molecule has 2 aliphatic rings. The Bertz CT molecular complexity index is 587. The van der Waals surface area contributed by atoms with Crippen molar-refractivity contribution in [2.24, 2.45) is 11.8 Å². The van der Waals surface area contributed by atoms with Crippen LogP contribution in [0.4, 0.5) is 5.82 Å². The van der Waals surface area contributed by atoms with E-state index in [0.717, 1.165) is 42.2 Å². The summed E-state index contributed by atoms with van der Waals surface area (Å²) in [7, 11) is 0. The van der Waals surface area contributed by atoms with Crippen molar-refractivity contribution in [3.63, 3.8) is 0 Å². The molecule has 0 bridgehead atoms. The van der Waals surface area contributed by atoms with Crippen molar-refractivity contribution in [1.29, 1.82) is 0 Å². The lowest BCUT2D eigenvalue weighted by atomic mass is 10.0. The monoisotopic (exact) mass is 308 g/mol. The number of hydrogen-bond donors (Lipinski definition) is 0. The van der Waals surface area contributed by atoms with Crippen molar-refractivity contribution in [1.82, 2.24) is 14.6 Å². The van der Waals surface area contributed by atoms with E-state index >= 15 is 0 Å². The van der Waals surface area contributed by atoms with Gasteiger partial charge in [0.2, 0.25) is 0 Å². The van der Waals surface area contributed by atoms with Gasteiger partial charge in [-0.1, -0.05) is 0 Å². The van der Waals surface area contributed by atoms with Crippen molar-refractivity contribution in [2.75, 3.05) is 31.2 Å². The Morgan fingerprint density at radius 3 is 2.83 bits per heavy atom. The van der Waals surface area contributed by atoms with Gasteiger partial charge >= 0.3 is 0 Å². The highest BCUT2D eigenvalue weighted by atomic mass is 79.9. The number of ether oxygens (including phenoxy) is 1. The summed E-state index contributed by atoms with van der Waals surface area (Å²) in [5, 5.41) is 4.21. The molecule has 2 aromatic heterocycles. The summed E-state index contributed by atoms with van der Waals surface area (Å²) in [6.07, 6.45) is 3.74. The Balaban J connectivity index is 1.68. The first-order valence-electron chi connectivity index (χ1n) is 6.14. The molecule has 2 fully saturated rings. The molecule has 0 aromatic carbocycles. The van der Waals surface area contributed by atoms with E-state index in [1.807, 2.05) is 12.3 Å². The number of nitrogens with zero attached hydrogens (tertiary/aromatic N) is 4. The number of halogens is 1. The normalized spacial score (nSPS) is 27.1. The standard InChI is InChI=1S/C12H13BrN4O/c13-10-3-14-17-2-1-11(15-12(10)17)16-4-8-6-18-7-9(8)5-16/h1-3,8-9H,4-7H2. The van der Waals surface area contributed by atoms with Gasteiger partial charge in [0.25, 0.3) is 0 Å². The Morgan fingerprint density at radius 1 is 1.28 bits per heavy atom. The van der Waals surface area contributed by atoms with E-state index in [0.29, 0.717) is 11.8 Å². The molecular formula is C12H13BrN4O. The zero-order valence-electron chi connectivity index (χ0n) is 9.79. The minimum atomic E-state index is 0.677. The molecule has 94 valence electrons. The second kappa shape index (κ2) is 3.93. The Morgan fingerprint density at radius 2 is 2.06 bits per heavy atom. The number of anilines is 1. The average Bonchev–Trinajstić information content (AvgIpc) is 3.03. The molecule has 4 rings (SSSR count). The molecule has 5 nitrogen and oxygen atoms in total. The summed E-state index contributed by atoms with van der Waals surface area (Å²) in [6, 6.07) is 2.04. The average molecular weight is 309 g/mol. The first-order chi connectivity index (χ1) is 8.81. The van der Waals surface area contributed by atoms with Gasteiger partial charge in [-0.3, -0.25) is 0 Å². The molecule has 0 saturated carbocycles. The van der Waals surface area contributed by atoms with Crippen LogP contribution in [0.1, 0.15) is 0 Å². The highest BCUT2D eigenvalue weighted by molar-refractivity contribution is 9.10. The number of hydrogen-bond acceptors (Lipinski definition) is 4. The van der Waals surface area contributed by atoms with Crippen molar-refractivity contribution < 1.29 is 4.74 Å². The molecule has 0 N–H and O–H groups in total. The summed E-state index contributed by atoms with van der Waals surface area (Å²) in [6.45, 7) is 3.92. The first-order valence-corrected chi connectivity index (χ1v) is 6.93. The topological polar surface area (TPSA) is 42.7 Å². The zero-order chi connectivity index (χ0) is 12.1. The molecule has 0 radical (unpaired) electrons. The highest BCUT2D eigenvalue weighted by Gasteiger charge is 2.37. The van der Waals surface area contributed by atoms with E-state index in [4.69, 9.17) is 4.74 Å². The van der Waals surface area contributed by atoms with Crippen LogP contribution in [-0.2, 0) is 4.74 Å². The maximum Gasteiger partial charge on any atom is 0.171 e. The van der Waals surface area contributed by atoms with Crippen molar-refractivity contribution in [2.45, 2.75) is 0 Å². The van der Waals surface area contributed by atoms with Gasteiger partial charge in [0.05, 0.1) is 23.9 Å². The van der Waals surface area contributed by atoms with Gasteiger partial charge in [-0.15, -0.1) is 0 Å². The maximum absolute atomic E-state index is 5.50.